The van der Waals surface area contributed by atoms with Gasteiger partial charge in [0, 0.05) is 32.1 Å². The van der Waals surface area contributed by atoms with Crippen LogP contribution in [0.3, 0.4) is 0 Å². The van der Waals surface area contributed by atoms with Crippen molar-refractivity contribution >= 4 is 12.0 Å². The molecule has 0 unspecified atom stereocenters. The van der Waals surface area contributed by atoms with E-state index in [0.29, 0.717) is 0 Å². The topological polar surface area (TPSA) is 28.5 Å². The lowest BCUT2D eigenvalue weighted by atomic mass is 10.2. The fourth-order valence-corrected chi connectivity index (χ4v) is 1.46. The largest absolute Gasteiger partial charge is 0.361 e. The van der Waals surface area contributed by atoms with Crippen LogP contribution in [-0.2, 0) is 6.54 Å². The molecule has 85 valence electrons. The predicted octanol–water partition coefficient (Wildman–Crippen LogP) is 2.67. The molecule has 0 bridgehead atoms. The Balaban J connectivity index is 1.94. The Labute approximate surface area is 101 Å². The van der Waals surface area contributed by atoms with Crippen molar-refractivity contribution in [1.82, 2.24) is 9.88 Å². The van der Waals surface area contributed by atoms with Gasteiger partial charge >= 0.3 is 0 Å². The zero-order valence-corrected chi connectivity index (χ0v) is 9.74. The van der Waals surface area contributed by atoms with E-state index < -0.39 is 0 Å². The number of aromatic nitrogens is 1. The maximum atomic E-state index is 4.31. The number of hydrogen-bond acceptors (Lipinski definition) is 2. The van der Waals surface area contributed by atoms with Crippen LogP contribution in [0, 0.1) is 6.07 Å². The molecule has 0 saturated carbocycles. The van der Waals surface area contributed by atoms with E-state index in [1.807, 2.05) is 36.2 Å². The molecule has 1 aromatic heterocycles. The first-order valence-corrected chi connectivity index (χ1v) is 5.44. The fraction of sp³-hybridized carbons (Fsp3) is 0.143. The van der Waals surface area contributed by atoms with Crippen molar-refractivity contribution < 1.29 is 0 Å². The molecule has 0 amide bonds. The number of benzene rings is 1. The minimum Gasteiger partial charge on any atom is -0.361 e. The summed E-state index contributed by atoms with van der Waals surface area (Å²) in [4.78, 5) is 10.2. The number of pyridine rings is 1. The fourth-order valence-electron chi connectivity index (χ4n) is 1.46. The van der Waals surface area contributed by atoms with Crippen LogP contribution in [0.1, 0.15) is 5.56 Å². The highest BCUT2D eigenvalue weighted by atomic mass is 15.1. The van der Waals surface area contributed by atoms with Crippen LogP contribution in [0.5, 0.6) is 0 Å². The van der Waals surface area contributed by atoms with Crippen LogP contribution in [-0.4, -0.2) is 23.3 Å². The van der Waals surface area contributed by atoms with Gasteiger partial charge in [-0.1, -0.05) is 30.3 Å². The summed E-state index contributed by atoms with van der Waals surface area (Å²) in [6, 6.07) is 15.1. The number of hydrogen-bond donors (Lipinski definition) is 0. The van der Waals surface area contributed by atoms with E-state index in [1.165, 1.54) is 5.56 Å². The molecular formula is C14H14N3. The van der Waals surface area contributed by atoms with Crippen molar-refractivity contribution in [3.63, 3.8) is 0 Å². The van der Waals surface area contributed by atoms with E-state index >= 15 is 0 Å². The maximum Gasteiger partial charge on any atom is 0.0913 e. The van der Waals surface area contributed by atoms with Crippen molar-refractivity contribution in [2.75, 3.05) is 7.05 Å². The lowest BCUT2D eigenvalue weighted by molar-refractivity contribution is 0.516. The maximum absolute atomic E-state index is 4.31. The molecule has 0 aliphatic carbocycles. The van der Waals surface area contributed by atoms with Gasteiger partial charge in [0.05, 0.1) is 12.0 Å². The van der Waals surface area contributed by atoms with Crippen molar-refractivity contribution in [3.05, 3.63) is 60.4 Å². The SMILES string of the molecule is CN(C=Nc1[c]cncc1)Cc1ccccc1. The summed E-state index contributed by atoms with van der Waals surface area (Å²) >= 11 is 0. The van der Waals surface area contributed by atoms with Gasteiger partial charge in [0.1, 0.15) is 0 Å². The number of nitrogens with zero attached hydrogens (tertiary/aromatic N) is 3. The normalized spacial score (nSPS) is 10.6. The van der Waals surface area contributed by atoms with Crippen LogP contribution in [0.25, 0.3) is 0 Å². The van der Waals surface area contributed by atoms with E-state index in [1.54, 1.807) is 18.7 Å². The van der Waals surface area contributed by atoms with Crippen LogP contribution >= 0.6 is 0 Å². The Bertz CT molecular complexity index is 465. The van der Waals surface area contributed by atoms with Crippen molar-refractivity contribution in [2.45, 2.75) is 6.54 Å². The van der Waals surface area contributed by atoms with Gasteiger partial charge in [0.2, 0.25) is 0 Å². The lowest BCUT2D eigenvalue weighted by Gasteiger charge is -2.12. The first-order valence-electron chi connectivity index (χ1n) is 5.44. The highest BCUT2D eigenvalue weighted by Crippen LogP contribution is 2.07. The van der Waals surface area contributed by atoms with Crippen molar-refractivity contribution in [1.29, 1.82) is 0 Å². The van der Waals surface area contributed by atoms with E-state index in [-0.39, 0.29) is 0 Å². The summed E-state index contributed by atoms with van der Waals surface area (Å²) in [6.45, 7) is 0.843. The second-order valence-electron chi connectivity index (χ2n) is 3.77. The predicted molar refractivity (Wildman–Crippen MR) is 69.1 cm³/mol. The summed E-state index contributed by atoms with van der Waals surface area (Å²) in [5.41, 5.74) is 2.06. The van der Waals surface area contributed by atoms with Crippen LogP contribution in [0.15, 0.2) is 53.8 Å². The third kappa shape index (κ3) is 3.72. The average molecular weight is 224 g/mol. The Kier molecular flexibility index (Phi) is 3.86. The van der Waals surface area contributed by atoms with Crippen LogP contribution in [0.2, 0.25) is 0 Å². The first-order chi connectivity index (χ1) is 8.34. The average Bonchev–Trinajstić information content (AvgIpc) is 2.39. The van der Waals surface area contributed by atoms with Gasteiger partial charge < -0.3 is 4.90 Å². The van der Waals surface area contributed by atoms with Crippen molar-refractivity contribution in [2.24, 2.45) is 4.99 Å². The van der Waals surface area contributed by atoms with E-state index in [2.05, 4.69) is 28.2 Å². The van der Waals surface area contributed by atoms with Gasteiger partial charge in [0.25, 0.3) is 0 Å². The summed E-state index contributed by atoms with van der Waals surface area (Å²) in [5, 5.41) is 0. The summed E-state index contributed by atoms with van der Waals surface area (Å²) in [6.07, 6.45) is 5.13. The molecule has 0 aliphatic heterocycles. The highest BCUT2D eigenvalue weighted by Gasteiger charge is 1.94. The summed E-state index contributed by atoms with van der Waals surface area (Å²) in [7, 11) is 2.00. The first kappa shape index (κ1) is 11.3. The zero-order chi connectivity index (χ0) is 11.9. The third-order valence-electron chi connectivity index (χ3n) is 2.27. The molecule has 2 aromatic rings. The number of rotatable bonds is 4. The molecular weight excluding hydrogens is 210 g/mol. The molecule has 0 atom stereocenters. The molecule has 0 fully saturated rings. The third-order valence-corrected chi connectivity index (χ3v) is 2.27. The summed E-state index contributed by atoms with van der Waals surface area (Å²) < 4.78 is 0. The van der Waals surface area contributed by atoms with Gasteiger partial charge in [-0.05, 0) is 11.6 Å². The molecule has 1 radical (unpaired) electrons. The molecule has 3 heteroatoms. The van der Waals surface area contributed by atoms with Gasteiger partial charge in [0.15, 0.2) is 0 Å². The quantitative estimate of drug-likeness (QED) is 0.590. The monoisotopic (exact) mass is 224 g/mol. The molecule has 1 heterocycles. The van der Waals surface area contributed by atoms with Gasteiger partial charge in [-0.25, -0.2) is 4.99 Å². The highest BCUT2D eigenvalue weighted by molar-refractivity contribution is 5.60. The Morgan fingerprint density at radius 1 is 1.29 bits per heavy atom. The van der Waals surface area contributed by atoms with Gasteiger partial charge in [-0.15, -0.1) is 0 Å². The van der Waals surface area contributed by atoms with Crippen LogP contribution < -0.4 is 0 Å². The second kappa shape index (κ2) is 5.80. The van der Waals surface area contributed by atoms with Gasteiger partial charge in [-0.3, -0.25) is 4.98 Å². The van der Waals surface area contributed by atoms with E-state index in [0.717, 1.165) is 12.2 Å². The minimum atomic E-state index is 0.792. The molecule has 2 rings (SSSR count). The molecule has 0 spiro atoms. The Morgan fingerprint density at radius 2 is 2.12 bits per heavy atom. The molecule has 0 saturated heterocycles. The summed E-state index contributed by atoms with van der Waals surface area (Å²) in [5.74, 6) is 0. The smallest absolute Gasteiger partial charge is 0.0913 e. The second-order valence-corrected chi connectivity index (χ2v) is 3.77. The standard InChI is InChI=1S/C14H14N3/c1-17(11-13-5-3-2-4-6-13)12-16-14-7-9-15-10-8-14/h2-7,9-10,12H,11H2,1H3. The minimum absolute atomic E-state index is 0.792. The molecule has 0 aliphatic rings. The Morgan fingerprint density at radius 3 is 2.82 bits per heavy atom. The zero-order valence-electron chi connectivity index (χ0n) is 9.74. The molecule has 17 heavy (non-hydrogen) atoms. The van der Waals surface area contributed by atoms with E-state index in [4.69, 9.17) is 0 Å². The lowest BCUT2D eigenvalue weighted by Crippen LogP contribution is -2.14. The van der Waals surface area contributed by atoms with E-state index in [9.17, 15) is 0 Å². The van der Waals surface area contributed by atoms with Crippen LogP contribution in [0.4, 0.5) is 5.69 Å². The molecule has 1 aromatic carbocycles. The Hall–Kier alpha value is -2.16. The molecule has 3 nitrogen and oxygen atoms in total. The molecule has 0 N–H and O–H groups in total. The van der Waals surface area contributed by atoms with Crippen molar-refractivity contribution in [3.8, 4) is 0 Å². The van der Waals surface area contributed by atoms with Gasteiger partial charge in [-0.2, -0.15) is 0 Å². The number of aliphatic imine (C=N–C) groups is 1.